The van der Waals surface area contributed by atoms with Gasteiger partial charge in [-0.3, -0.25) is 14.6 Å². The van der Waals surface area contributed by atoms with Crippen LogP contribution in [0.4, 0.5) is 0 Å². The molecule has 0 aromatic carbocycles. The second-order valence-corrected chi connectivity index (χ2v) is 3.28. The third kappa shape index (κ3) is 4.04. The van der Waals surface area contributed by atoms with Crippen molar-refractivity contribution in [2.24, 2.45) is 0 Å². The van der Waals surface area contributed by atoms with Gasteiger partial charge < -0.3 is 14.2 Å². The van der Waals surface area contributed by atoms with E-state index in [1.807, 2.05) is 0 Å². The molecule has 0 bridgehead atoms. The van der Waals surface area contributed by atoms with E-state index in [4.69, 9.17) is 14.2 Å². The van der Waals surface area contributed by atoms with Crippen LogP contribution in [-0.2, 0) is 20.8 Å². The minimum Gasteiger partial charge on any atom is -0.459 e. The smallest absolute Gasteiger partial charge is 0.356 e. The number of nitrogens with one attached hydrogen (secondary N) is 1. The minimum absolute atomic E-state index is 0.152. The molecule has 0 aliphatic rings. The van der Waals surface area contributed by atoms with E-state index in [0.29, 0.717) is 19.8 Å². The Labute approximate surface area is 98.3 Å². The number of aromatic amines is 1. The van der Waals surface area contributed by atoms with Gasteiger partial charge in [0.1, 0.15) is 12.3 Å². The summed E-state index contributed by atoms with van der Waals surface area (Å²) in [5.74, 6) is -0.559. The molecule has 96 valence electrons. The van der Waals surface area contributed by atoms with Crippen LogP contribution in [-0.4, -0.2) is 49.8 Å². The maximum Gasteiger partial charge on any atom is 0.356 e. The Hall–Kier alpha value is -1.60. The lowest BCUT2D eigenvalue weighted by Gasteiger charge is -2.07. The number of methoxy groups -OCH3 is 2. The van der Waals surface area contributed by atoms with E-state index in [-0.39, 0.29) is 17.9 Å². The summed E-state index contributed by atoms with van der Waals surface area (Å²) in [6, 6.07) is 1.20. The Morgan fingerprint density at radius 1 is 1.29 bits per heavy atom. The SMILES string of the molecule is COCCOC(=O)c1cc(=O)[nH]n1CCOC. The summed E-state index contributed by atoms with van der Waals surface area (Å²) < 4.78 is 15.9. The van der Waals surface area contributed by atoms with Gasteiger partial charge >= 0.3 is 5.97 Å². The number of H-pyrrole nitrogens is 1. The molecule has 0 saturated carbocycles. The Balaban J connectivity index is 2.67. The lowest BCUT2D eigenvalue weighted by molar-refractivity contribution is 0.0372. The van der Waals surface area contributed by atoms with Crippen LogP contribution in [0.15, 0.2) is 10.9 Å². The van der Waals surface area contributed by atoms with E-state index in [2.05, 4.69) is 5.10 Å². The van der Waals surface area contributed by atoms with E-state index in [0.717, 1.165) is 0 Å². The Morgan fingerprint density at radius 3 is 2.65 bits per heavy atom. The summed E-state index contributed by atoms with van der Waals surface area (Å²) in [5, 5.41) is 2.50. The van der Waals surface area contributed by atoms with Gasteiger partial charge in [0.25, 0.3) is 5.56 Å². The molecule has 7 nitrogen and oxygen atoms in total. The van der Waals surface area contributed by atoms with Crippen molar-refractivity contribution in [1.82, 2.24) is 9.78 Å². The van der Waals surface area contributed by atoms with Gasteiger partial charge in [-0.15, -0.1) is 0 Å². The van der Waals surface area contributed by atoms with Crippen molar-refractivity contribution in [2.45, 2.75) is 6.54 Å². The highest BCUT2D eigenvalue weighted by Gasteiger charge is 2.14. The summed E-state index contributed by atoms with van der Waals surface area (Å²) in [6.45, 7) is 1.24. The number of hydrogen-bond acceptors (Lipinski definition) is 5. The summed E-state index contributed by atoms with van der Waals surface area (Å²) in [6.07, 6.45) is 0. The molecule has 0 atom stereocenters. The van der Waals surface area contributed by atoms with Crippen molar-refractivity contribution in [3.8, 4) is 0 Å². The van der Waals surface area contributed by atoms with Gasteiger partial charge in [-0.2, -0.15) is 0 Å². The van der Waals surface area contributed by atoms with E-state index < -0.39 is 5.97 Å². The summed E-state index contributed by atoms with van der Waals surface area (Å²) in [5.41, 5.74) is -0.164. The molecule has 17 heavy (non-hydrogen) atoms. The molecule has 0 saturated heterocycles. The molecule has 1 aromatic heterocycles. The average molecular weight is 244 g/mol. The molecule has 0 amide bonds. The maximum atomic E-state index is 11.6. The molecule has 0 aliphatic heterocycles. The largest absolute Gasteiger partial charge is 0.459 e. The number of ether oxygens (including phenoxy) is 3. The summed E-state index contributed by atoms with van der Waals surface area (Å²) in [7, 11) is 3.05. The second kappa shape index (κ2) is 6.87. The molecule has 0 spiro atoms. The highest BCUT2D eigenvalue weighted by atomic mass is 16.6. The molecule has 0 unspecified atom stereocenters. The molecule has 1 N–H and O–H groups in total. The van der Waals surface area contributed by atoms with Crippen LogP contribution in [0.25, 0.3) is 0 Å². The van der Waals surface area contributed by atoms with Crippen molar-refractivity contribution in [1.29, 1.82) is 0 Å². The number of rotatable bonds is 7. The lowest BCUT2D eigenvalue weighted by Crippen LogP contribution is -2.17. The predicted molar refractivity (Wildman–Crippen MR) is 59.1 cm³/mol. The molecule has 1 heterocycles. The summed E-state index contributed by atoms with van der Waals surface area (Å²) in [4.78, 5) is 22.8. The highest BCUT2D eigenvalue weighted by Crippen LogP contribution is 1.99. The fourth-order valence-electron chi connectivity index (χ4n) is 1.25. The quantitative estimate of drug-likeness (QED) is 0.522. The Kier molecular flexibility index (Phi) is 5.44. The number of esters is 1. The first-order valence-electron chi connectivity index (χ1n) is 5.14. The normalized spacial score (nSPS) is 10.5. The molecule has 1 rings (SSSR count). The Morgan fingerprint density at radius 2 is 2.00 bits per heavy atom. The van der Waals surface area contributed by atoms with Crippen molar-refractivity contribution >= 4 is 5.97 Å². The van der Waals surface area contributed by atoms with Gasteiger partial charge in [-0.1, -0.05) is 0 Å². The number of carbonyl (C=O) groups excluding carboxylic acids is 1. The third-order valence-electron chi connectivity index (χ3n) is 2.05. The first kappa shape index (κ1) is 13.5. The molecule has 1 aromatic rings. The number of carbonyl (C=O) groups is 1. The third-order valence-corrected chi connectivity index (χ3v) is 2.05. The van der Waals surface area contributed by atoms with Gasteiger partial charge in [-0.25, -0.2) is 4.79 Å². The number of aromatic nitrogens is 2. The lowest BCUT2D eigenvalue weighted by atomic mass is 10.4. The molecular formula is C10H16N2O5. The second-order valence-electron chi connectivity index (χ2n) is 3.28. The molecule has 0 radical (unpaired) electrons. The minimum atomic E-state index is -0.559. The molecule has 0 aliphatic carbocycles. The Bertz CT molecular complexity index is 409. The van der Waals surface area contributed by atoms with Gasteiger partial charge in [0.05, 0.1) is 19.8 Å². The summed E-state index contributed by atoms with van der Waals surface area (Å²) >= 11 is 0. The van der Waals surface area contributed by atoms with Gasteiger partial charge in [0.2, 0.25) is 0 Å². The van der Waals surface area contributed by atoms with Crippen molar-refractivity contribution in [2.75, 3.05) is 34.0 Å². The van der Waals surface area contributed by atoms with Crippen LogP contribution in [0.1, 0.15) is 10.5 Å². The molecule has 7 heteroatoms. The first-order valence-corrected chi connectivity index (χ1v) is 5.14. The van der Waals surface area contributed by atoms with Crippen LogP contribution in [0.3, 0.4) is 0 Å². The zero-order valence-electron chi connectivity index (χ0n) is 9.89. The molecular weight excluding hydrogens is 228 g/mol. The van der Waals surface area contributed by atoms with Crippen LogP contribution in [0.2, 0.25) is 0 Å². The topological polar surface area (TPSA) is 82.5 Å². The van der Waals surface area contributed by atoms with Crippen LogP contribution in [0, 0.1) is 0 Å². The van der Waals surface area contributed by atoms with Gasteiger partial charge in [0, 0.05) is 20.3 Å². The monoisotopic (exact) mass is 244 g/mol. The van der Waals surface area contributed by atoms with Crippen LogP contribution in [0.5, 0.6) is 0 Å². The zero-order chi connectivity index (χ0) is 12.7. The molecule has 0 fully saturated rings. The van der Waals surface area contributed by atoms with E-state index in [9.17, 15) is 9.59 Å². The maximum absolute atomic E-state index is 11.6. The van der Waals surface area contributed by atoms with Gasteiger partial charge in [-0.05, 0) is 0 Å². The zero-order valence-corrected chi connectivity index (χ0v) is 9.89. The fourth-order valence-corrected chi connectivity index (χ4v) is 1.25. The first-order chi connectivity index (χ1) is 8.19. The fraction of sp³-hybridized carbons (Fsp3) is 0.600. The predicted octanol–water partition coefficient (Wildman–Crippen LogP) is -0.374. The van der Waals surface area contributed by atoms with Crippen LogP contribution >= 0.6 is 0 Å². The number of nitrogens with zero attached hydrogens (tertiary/aromatic N) is 1. The van der Waals surface area contributed by atoms with Crippen molar-refractivity contribution < 1.29 is 19.0 Å². The van der Waals surface area contributed by atoms with Crippen LogP contribution < -0.4 is 5.56 Å². The standard InChI is InChI=1S/C10H16N2O5/c1-15-4-3-12-8(7-9(13)11-12)10(14)17-6-5-16-2/h7H,3-6H2,1-2H3,(H,11,13). The van der Waals surface area contributed by atoms with E-state index in [1.165, 1.54) is 25.0 Å². The van der Waals surface area contributed by atoms with Gasteiger partial charge in [0.15, 0.2) is 0 Å². The number of hydrogen-bond donors (Lipinski definition) is 1. The van der Waals surface area contributed by atoms with E-state index in [1.54, 1.807) is 0 Å². The average Bonchev–Trinajstić information content (AvgIpc) is 2.68. The van der Waals surface area contributed by atoms with E-state index >= 15 is 0 Å². The van der Waals surface area contributed by atoms with Crippen molar-refractivity contribution in [3.63, 3.8) is 0 Å². The highest BCUT2D eigenvalue weighted by molar-refractivity contribution is 5.87. The van der Waals surface area contributed by atoms with Crippen molar-refractivity contribution in [3.05, 3.63) is 22.1 Å².